The maximum absolute atomic E-state index is 12.2. The molecule has 1 amide bonds. The van der Waals surface area contributed by atoms with Crippen LogP contribution in [0.3, 0.4) is 0 Å². The number of aryl methyl sites for hydroxylation is 3. The normalized spacial score (nSPS) is 11.0. The van der Waals surface area contributed by atoms with E-state index in [1.165, 1.54) is 6.33 Å². The maximum atomic E-state index is 12.2. The van der Waals surface area contributed by atoms with Gasteiger partial charge in [-0.05, 0) is 62.2 Å². The molecule has 10 heteroatoms. The van der Waals surface area contributed by atoms with Gasteiger partial charge < -0.3 is 20.4 Å². The molecule has 0 atom stereocenters. The number of hydrogen-bond donors (Lipinski definition) is 2. The molecule has 3 aromatic heterocycles. The van der Waals surface area contributed by atoms with Crippen molar-refractivity contribution in [2.24, 2.45) is 7.05 Å². The third kappa shape index (κ3) is 4.92. The van der Waals surface area contributed by atoms with Gasteiger partial charge in [0.05, 0.1) is 16.1 Å². The summed E-state index contributed by atoms with van der Waals surface area (Å²) in [5.74, 6) is 0.666. The van der Waals surface area contributed by atoms with E-state index in [9.17, 15) is 4.79 Å². The van der Waals surface area contributed by atoms with Crippen LogP contribution in [0.25, 0.3) is 33.4 Å². The van der Waals surface area contributed by atoms with Crippen molar-refractivity contribution in [1.82, 2.24) is 24.5 Å². The van der Waals surface area contributed by atoms with Crippen molar-refractivity contribution in [2.75, 3.05) is 11.1 Å². The van der Waals surface area contributed by atoms with Gasteiger partial charge in [0, 0.05) is 41.3 Å². The minimum atomic E-state index is -0.270. The number of nitrogen functional groups attached to an aromatic ring is 1. The molecular weight excluding hydrogens is 514 g/mol. The summed E-state index contributed by atoms with van der Waals surface area (Å²) in [5.41, 5.74) is 12.9. The zero-order chi connectivity index (χ0) is 27.8. The molecule has 2 aromatic carbocycles. The fraction of sp³-hybridized carbons (Fsp3) is 0.138. The van der Waals surface area contributed by atoms with E-state index in [0.29, 0.717) is 38.9 Å². The van der Waals surface area contributed by atoms with Crippen LogP contribution in [0.15, 0.2) is 67.1 Å². The van der Waals surface area contributed by atoms with E-state index in [1.807, 2.05) is 55.8 Å². The molecule has 196 valence electrons. The fourth-order valence-corrected chi connectivity index (χ4v) is 4.62. The predicted octanol–water partition coefficient (Wildman–Crippen LogP) is 6.25. The number of nitrogens with two attached hydrogens (primary N) is 1. The summed E-state index contributed by atoms with van der Waals surface area (Å²) in [5, 5.41) is 4.02. The van der Waals surface area contributed by atoms with Gasteiger partial charge in [-0.2, -0.15) is 0 Å². The second-order valence-electron chi connectivity index (χ2n) is 9.23. The van der Waals surface area contributed by atoms with Gasteiger partial charge in [0.15, 0.2) is 0 Å². The zero-order valence-corrected chi connectivity index (χ0v) is 22.7. The number of rotatable bonds is 6. The molecule has 0 fully saturated rings. The van der Waals surface area contributed by atoms with Crippen LogP contribution < -0.4 is 15.8 Å². The lowest BCUT2D eigenvalue weighted by Gasteiger charge is -2.15. The Morgan fingerprint density at radius 2 is 1.85 bits per heavy atom. The molecule has 5 rings (SSSR count). The number of nitrogens with one attached hydrogen (secondary N) is 1. The number of anilines is 2. The smallest absolute Gasteiger partial charge is 0.322 e. The number of halogens is 1. The molecule has 0 saturated carbocycles. The number of benzene rings is 2. The molecule has 5 aromatic rings. The van der Waals surface area contributed by atoms with E-state index in [2.05, 4.69) is 31.8 Å². The molecule has 3 N–H and O–H groups in total. The number of amides is 1. The molecule has 0 saturated heterocycles. The number of carbonyl (C=O) groups is 1. The van der Waals surface area contributed by atoms with E-state index in [1.54, 1.807) is 25.3 Å². The van der Waals surface area contributed by atoms with Crippen molar-refractivity contribution < 1.29 is 9.53 Å². The third-order valence-electron chi connectivity index (χ3n) is 6.33. The van der Waals surface area contributed by atoms with Crippen LogP contribution in [-0.4, -0.2) is 30.4 Å². The van der Waals surface area contributed by atoms with Crippen molar-refractivity contribution >= 4 is 40.0 Å². The summed E-state index contributed by atoms with van der Waals surface area (Å²) in [4.78, 5) is 29.4. The molecule has 39 heavy (non-hydrogen) atoms. The highest BCUT2D eigenvalue weighted by Gasteiger charge is 2.24. The highest BCUT2D eigenvalue weighted by molar-refractivity contribution is 6.34. The van der Waals surface area contributed by atoms with Crippen LogP contribution >= 0.6 is 11.6 Å². The first-order valence-corrected chi connectivity index (χ1v) is 12.5. The molecular formula is C29H26ClN7O2. The average Bonchev–Trinajstić information content (AvgIpc) is 3.19. The molecule has 0 bridgehead atoms. The number of fused-ring (bicyclic) bond motifs is 1. The minimum Gasteiger partial charge on any atom is -0.424 e. The van der Waals surface area contributed by atoms with Crippen LogP contribution in [0.1, 0.15) is 18.2 Å². The second-order valence-corrected chi connectivity index (χ2v) is 9.64. The lowest BCUT2D eigenvalue weighted by molar-refractivity contribution is -0.112. The Bertz CT molecular complexity index is 1760. The molecule has 0 aliphatic rings. The molecule has 0 radical (unpaired) electrons. The Morgan fingerprint density at radius 1 is 1.10 bits per heavy atom. The number of nitrogens with zero attached hydrogens (tertiary/aromatic N) is 5. The Hall–Kier alpha value is -4.76. The van der Waals surface area contributed by atoms with Gasteiger partial charge in [0.2, 0.25) is 0 Å². The van der Waals surface area contributed by atoms with Gasteiger partial charge >= 0.3 is 6.01 Å². The van der Waals surface area contributed by atoms with E-state index < -0.39 is 0 Å². The minimum absolute atomic E-state index is 0.270. The maximum Gasteiger partial charge on any atom is 0.322 e. The summed E-state index contributed by atoms with van der Waals surface area (Å²) in [6, 6.07) is 13.3. The Labute approximate surface area is 230 Å². The summed E-state index contributed by atoms with van der Waals surface area (Å²) in [7, 11) is 1.91. The van der Waals surface area contributed by atoms with Gasteiger partial charge in [0.25, 0.3) is 5.91 Å². The molecule has 0 aliphatic heterocycles. The molecule has 9 nitrogen and oxygen atoms in total. The molecule has 0 aliphatic carbocycles. The Balaban J connectivity index is 1.64. The summed E-state index contributed by atoms with van der Waals surface area (Å²) >= 11 is 6.84. The summed E-state index contributed by atoms with van der Waals surface area (Å²) in [6.45, 7) is 9.13. The topological polar surface area (TPSA) is 121 Å². The quantitative estimate of drug-likeness (QED) is 0.244. The fourth-order valence-electron chi connectivity index (χ4n) is 4.37. The highest BCUT2D eigenvalue weighted by Crippen LogP contribution is 2.45. The highest BCUT2D eigenvalue weighted by atomic mass is 35.5. The lowest BCUT2D eigenvalue weighted by atomic mass is 9.97. The van der Waals surface area contributed by atoms with Crippen LogP contribution in [0.4, 0.5) is 11.5 Å². The van der Waals surface area contributed by atoms with E-state index in [4.69, 9.17) is 22.1 Å². The average molecular weight is 540 g/mol. The zero-order valence-electron chi connectivity index (χ0n) is 21.9. The molecule has 0 spiro atoms. The van der Waals surface area contributed by atoms with Crippen molar-refractivity contribution in [3.05, 3.63) is 83.4 Å². The second kappa shape index (κ2) is 10.2. The van der Waals surface area contributed by atoms with E-state index in [-0.39, 0.29) is 11.9 Å². The molecule has 3 heterocycles. The van der Waals surface area contributed by atoms with Gasteiger partial charge in [0.1, 0.15) is 23.5 Å². The van der Waals surface area contributed by atoms with Crippen LogP contribution in [0.5, 0.6) is 11.8 Å². The van der Waals surface area contributed by atoms with E-state index in [0.717, 1.165) is 33.6 Å². The third-order valence-corrected chi connectivity index (χ3v) is 6.64. The van der Waals surface area contributed by atoms with Crippen molar-refractivity contribution in [1.29, 1.82) is 0 Å². The van der Waals surface area contributed by atoms with Crippen molar-refractivity contribution in [2.45, 2.75) is 20.8 Å². The number of hydrogen-bond acceptors (Lipinski definition) is 7. The first-order valence-electron chi connectivity index (χ1n) is 12.1. The first kappa shape index (κ1) is 25.9. The van der Waals surface area contributed by atoms with Gasteiger partial charge in [-0.25, -0.2) is 19.9 Å². The number of ether oxygens (including phenoxy) is 1. The lowest BCUT2D eigenvalue weighted by Crippen LogP contribution is -2.12. The monoisotopic (exact) mass is 539 g/mol. The van der Waals surface area contributed by atoms with Gasteiger partial charge in [-0.1, -0.05) is 30.3 Å². The van der Waals surface area contributed by atoms with Crippen molar-refractivity contribution in [3.63, 3.8) is 0 Å². The van der Waals surface area contributed by atoms with Crippen LogP contribution in [-0.2, 0) is 11.8 Å². The summed E-state index contributed by atoms with van der Waals surface area (Å²) < 4.78 is 7.78. The van der Waals surface area contributed by atoms with Crippen molar-refractivity contribution in [3.8, 4) is 34.1 Å². The predicted molar refractivity (Wildman–Crippen MR) is 154 cm³/mol. The van der Waals surface area contributed by atoms with Crippen LogP contribution in [0, 0.1) is 13.8 Å². The largest absolute Gasteiger partial charge is 0.424 e. The van der Waals surface area contributed by atoms with Gasteiger partial charge in [-0.3, -0.25) is 4.79 Å². The van der Waals surface area contributed by atoms with E-state index >= 15 is 0 Å². The van der Waals surface area contributed by atoms with Crippen LogP contribution in [0.2, 0.25) is 5.02 Å². The molecule has 0 unspecified atom stereocenters. The first-order chi connectivity index (χ1) is 18.6. The Morgan fingerprint density at radius 3 is 2.54 bits per heavy atom. The van der Waals surface area contributed by atoms with Gasteiger partial charge in [-0.15, -0.1) is 0 Å². The Kier molecular flexibility index (Phi) is 6.76. The number of aromatic nitrogens is 5. The number of carbonyl (C=O) groups excluding carboxylic acids is 1. The standard InChI is InChI=1S/C29H26ClN7O2/c1-15(2)28(38)36-22-13-21(30)20(12-16(22)3)25-23(24-26(31)33-14-34-27(24)37(25)5)18-6-8-19(9-7-18)39-29-32-11-10-17(4)35-29/h6-14H,1H2,2-5H3,(H,36,38)(H2,31,33,34). The summed E-state index contributed by atoms with van der Waals surface area (Å²) in [6.07, 6.45) is 3.09. The SMILES string of the molecule is C=C(C)C(=O)Nc1cc(Cl)c(-c2c(-c3ccc(Oc4nccc(C)n4)cc3)c3c(N)ncnc3n2C)cc1C.